The Hall–Kier alpha value is -1.35. The summed E-state index contributed by atoms with van der Waals surface area (Å²) in [5.41, 5.74) is 8.78. The van der Waals surface area contributed by atoms with Crippen molar-refractivity contribution in [3.63, 3.8) is 0 Å². The van der Waals surface area contributed by atoms with Crippen molar-refractivity contribution in [1.29, 1.82) is 0 Å². The van der Waals surface area contributed by atoms with Crippen LogP contribution >= 0.6 is 0 Å². The minimum absolute atomic E-state index is 0.148. The Morgan fingerprint density at radius 3 is 2.71 bits per heavy atom. The molecule has 1 saturated carbocycles. The standard InChI is InChI=1S/C14H19N3/c1-13(2,15)14(6-7-14)11-9-17(3)12-10(11)5-4-8-16-12/h4-5,8-9H,6-7,15H2,1-3H3. The highest BCUT2D eigenvalue weighted by atomic mass is 15.0. The molecular formula is C14H19N3. The van der Waals surface area contributed by atoms with Gasteiger partial charge in [-0.15, -0.1) is 0 Å². The van der Waals surface area contributed by atoms with Crippen LogP contribution in [0.2, 0.25) is 0 Å². The molecule has 2 N–H and O–H groups in total. The Bertz CT molecular complexity index is 571. The van der Waals surface area contributed by atoms with Gasteiger partial charge in [-0.1, -0.05) is 0 Å². The maximum atomic E-state index is 6.38. The van der Waals surface area contributed by atoms with Crippen LogP contribution in [0.1, 0.15) is 32.3 Å². The van der Waals surface area contributed by atoms with E-state index >= 15 is 0 Å². The second-order valence-electron chi connectivity index (χ2n) is 5.83. The fraction of sp³-hybridized carbons (Fsp3) is 0.500. The highest BCUT2D eigenvalue weighted by Crippen LogP contribution is 2.56. The van der Waals surface area contributed by atoms with Crippen LogP contribution in [0.3, 0.4) is 0 Å². The van der Waals surface area contributed by atoms with Crippen molar-refractivity contribution in [2.45, 2.75) is 37.6 Å². The fourth-order valence-corrected chi connectivity index (χ4v) is 2.98. The van der Waals surface area contributed by atoms with E-state index in [2.05, 4.69) is 42.7 Å². The SMILES string of the molecule is Cn1cc(C2(C(C)(C)N)CC2)c2cccnc21. The Kier molecular flexibility index (Phi) is 1.97. The Balaban J connectivity index is 2.26. The zero-order valence-electron chi connectivity index (χ0n) is 10.7. The average molecular weight is 229 g/mol. The molecule has 0 aromatic carbocycles. The van der Waals surface area contributed by atoms with E-state index in [-0.39, 0.29) is 11.0 Å². The number of fused-ring (bicyclic) bond motifs is 1. The molecule has 3 nitrogen and oxygen atoms in total. The smallest absolute Gasteiger partial charge is 0.139 e. The topological polar surface area (TPSA) is 43.8 Å². The number of pyridine rings is 1. The summed E-state index contributed by atoms with van der Waals surface area (Å²) in [5.74, 6) is 0. The van der Waals surface area contributed by atoms with Crippen LogP contribution in [0, 0.1) is 0 Å². The van der Waals surface area contributed by atoms with Crippen molar-refractivity contribution in [3.05, 3.63) is 30.1 Å². The van der Waals surface area contributed by atoms with Crippen molar-refractivity contribution >= 4 is 11.0 Å². The quantitative estimate of drug-likeness (QED) is 0.859. The summed E-state index contributed by atoms with van der Waals surface area (Å²) < 4.78 is 2.11. The summed E-state index contributed by atoms with van der Waals surface area (Å²) in [5, 5.41) is 1.26. The van der Waals surface area contributed by atoms with Gasteiger partial charge in [-0.05, 0) is 44.4 Å². The van der Waals surface area contributed by atoms with Crippen LogP contribution in [0.25, 0.3) is 11.0 Å². The van der Waals surface area contributed by atoms with Gasteiger partial charge in [0.15, 0.2) is 0 Å². The number of aryl methyl sites for hydroxylation is 1. The Morgan fingerprint density at radius 1 is 1.41 bits per heavy atom. The highest BCUT2D eigenvalue weighted by molar-refractivity contribution is 5.82. The molecule has 2 aromatic rings. The molecule has 17 heavy (non-hydrogen) atoms. The number of aromatic nitrogens is 2. The third kappa shape index (κ3) is 1.35. The molecular weight excluding hydrogens is 210 g/mol. The van der Waals surface area contributed by atoms with Gasteiger partial charge in [0.05, 0.1) is 0 Å². The van der Waals surface area contributed by atoms with E-state index in [1.807, 2.05) is 12.3 Å². The van der Waals surface area contributed by atoms with Gasteiger partial charge in [-0.25, -0.2) is 4.98 Å². The molecule has 1 aliphatic carbocycles. The Labute approximate surface area is 102 Å². The molecule has 1 fully saturated rings. The summed E-state index contributed by atoms with van der Waals surface area (Å²) in [6, 6.07) is 4.16. The first-order chi connectivity index (χ1) is 7.96. The number of hydrogen-bond donors (Lipinski definition) is 1. The van der Waals surface area contributed by atoms with Crippen LogP contribution in [-0.2, 0) is 12.5 Å². The second-order valence-corrected chi connectivity index (χ2v) is 5.83. The van der Waals surface area contributed by atoms with Crippen molar-refractivity contribution in [1.82, 2.24) is 9.55 Å². The summed E-state index contributed by atoms with van der Waals surface area (Å²) in [4.78, 5) is 4.45. The summed E-state index contributed by atoms with van der Waals surface area (Å²) >= 11 is 0. The molecule has 3 heteroatoms. The third-order valence-corrected chi connectivity index (χ3v) is 4.23. The predicted octanol–water partition coefficient (Wildman–Crippen LogP) is 2.34. The minimum atomic E-state index is -0.170. The zero-order chi connectivity index (χ0) is 12.3. The van der Waals surface area contributed by atoms with Crippen molar-refractivity contribution < 1.29 is 0 Å². The molecule has 2 aromatic heterocycles. The van der Waals surface area contributed by atoms with Gasteiger partial charge < -0.3 is 10.3 Å². The first kappa shape index (κ1) is 10.8. The van der Waals surface area contributed by atoms with Crippen molar-refractivity contribution in [2.24, 2.45) is 12.8 Å². The molecule has 0 amide bonds. The van der Waals surface area contributed by atoms with E-state index in [4.69, 9.17) is 5.73 Å². The van der Waals surface area contributed by atoms with Gasteiger partial charge in [0.1, 0.15) is 5.65 Å². The van der Waals surface area contributed by atoms with Gasteiger partial charge in [0.2, 0.25) is 0 Å². The lowest BCUT2D eigenvalue weighted by Crippen LogP contribution is -2.45. The van der Waals surface area contributed by atoms with Crippen LogP contribution in [0.5, 0.6) is 0 Å². The van der Waals surface area contributed by atoms with E-state index in [1.165, 1.54) is 23.8 Å². The lowest BCUT2D eigenvalue weighted by molar-refractivity contribution is 0.393. The minimum Gasteiger partial charge on any atom is -0.335 e. The lowest BCUT2D eigenvalue weighted by Gasteiger charge is -2.30. The number of hydrogen-bond acceptors (Lipinski definition) is 2. The Morgan fingerprint density at radius 2 is 2.12 bits per heavy atom. The summed E-state index contributed by atoms with van der Waals surface area (Å²) in [6.07, 6.45) is 6.42. The van der Waals surface area contributed by atoms with Crippen LogP contribution in [0.4, 0.5) is 0 Å². The van der Waals surface area contributed by atoms with E-state index < -0.39 is 0 Å². The van der Waals surface area contributed by atoms with Gasteiger partial charge in [0.25, 0.3) is 0 Å². The van der Waals surface area contributed by atoms with Crippen LogP contribution in [-0.4, -0.2) is 15.1 Å². The number of rotatable bonds is 2. The molecule has 90 valence electrons. The molecule has 2 heterocycles. The normalized spacial score (nSPS) is 18.6. The maximum absolute atomic E-state index is 6.38. The molecule has 3 rings (SSSR count). The zero-order valence-corrected chi connectivity index (χ0v) is 10.7. The monoisotopic (exact) mass is 229 g/mol. The van der Waals surface area contributed by atoms with Gasteiger partial charge >= 0.3 is 0 Å². The maximum Gasteiger partial charge on any atom is 0.139 e. The number of nitrogens with two attached hydrogens (primary N) is 1. The van der Waals surface area contributed by atoms with E-state index in [0.29, 0.717) is 0 Å². The molecule has 0 bridgehead atoms. The van der Waals surface area contributed by atoms with E-state index in [1.54, 1.807) is 0 Å². The van der Waals surface area contributed by atoms with Gasteiger partial charge in [0, 0.05) is 35.8 Å². The molecule has 0 aliphatic heterocycles. The summed E-state index contributed by atoms with van der Waals surface area (Å²) in [7, 11) is 2.05. The lowest BCUT2D eigenvalue weighted by atomic mass is 9.79. The van der Waals surface area contributed by atoms with Gasteiger partial charge in [-0.2, -0.15) is 0 Å². The second kappa shape index (κ2) is 3.10. The average Bonchev–Trinajstić information content (AvgIpc) is 3.01. The van der Waals surface area contributed by atoms with Crippen molar-refractivity contribution in [2.75, 3.05) is 0 Å². The first-order valence-corrected chi connectivity index (χ1v) is 6.15. The molecule has 0 saturated heterocycles. The fourth-order valence-electron chi connectivity index (χ4n) is 2.98. The first-order valence-electron chi connectivity index (χ1n) is 6.15. The molecule has 1 aliphatic rings. The molecule has 0 atom stereocenters. The van der Waals surface area contributed by atoms with E-state index in [0.717, 1.165) is 5.65 Å². The summed E-state index contributed by atoms with van der Waals surface area (Å²) in [6.45, 7) is 4.27. The van der Waals surface area contributed by atoms with Crippen molar-refractivity contribution in [3.8, 4) is 0 Å². The third-order valence-electron chi connectivity index (χ3n) is 4.23. The molecule has 0 unspecified atom stereocenters. The molecule has 0 spiro atoms. The highest BCUT2D eigenvalue weighted by Gasteiger charge is 2.54. The largest absolute Gasteiger partial charge is 0.335 e. The predicted molar refractivity (Wildman–Crippen MR) is 69.9 cm³/mol. The van der Waals surface area contributed by atoms with Crippen LogP contribution < -0.4 is 5.73 Å². The van der Waals surface area contributed by atoms with E-state index in [9.17, 15) is 0 Å². The van der Waals surface area contributed by atoms with Crippen LogP contribution in [0.15, 0.2) is 24.5 Å². The van der Waals surface area contributed by atoms with Gasteiger partial charge in [-0.3, -0.25) is 0 Å². The number of nitrogens with zero attached hydrogens (tertiary/aromatic N) is 2. The molecule has 0 radical (unpaired) electrons.